The minimum atomic E-state index is -3.30. The second-order valence-electron chi connectivity index (χ2n) is 4.02. The molecule has 7 heteroatoms. The van der Waals surface area contributed by atoms with E-state index in [1.54, 1.807) is 24.7 Å². The van der Waals surface area contributed by atoms with E-state index in [9.17, 15) is 8.42 Å². The molecule has 0 saturated heterocycles. The monoisotopic (exact) mass is 266 g/mol. The van der Waals surface area contributed by atoms with E-state index in [1.165, 1.54) is 6.07 Å². The SMILES string of the molecule is CC(Nc1ncccc1S(C)(=O)=O)c1cn[nH]c1. The van der Waals surface area contributed by atoms with Crippen molar-refractivity contribution in [3.05, 3.63) is 36.3 Å². The van der Waals surface area contributed by atoms with Crippen molar-refractivity contribution in [2.45, 2.75) is 17.9 Å². The lowest BCUT2D eigenvalue weighted by molar-refractivity contribution is 0.601. The summed E-state index contributed by atoms with van der Waals surface area (Å²) < 4.78 is 23.2. The molecule has 18 heavy (non-hydrogen) atoms. The molecular formula is C11H14N4O2S. The molecule has 6 nitrogen and oxygen atoms in total. The van der Waals surface area contributed by atoms with Crippen molar-refractivity contribution in [1.82, 2.24) is 15.2 Å². The predicted molar refractivity (Wildman–Crippen MR) is 68.0 cm³/mol. The van der Waals surface area contributed by atoms with Crippen LogP contribution in [-0.4, -0.2) is 29.9 Å². The van der Waals surface area contributed by atoms with Crippen LogP contribution in [-0.2, 0) is 9.84 Å². The number of aromatic nitrogens is 3. The average Bonchev–Trinajstić information content (AvgIpc) is 2.81. The van der Waals surface area contributed by atoms with Crippen LogP contribution < -0.4 is 5.32 Å². The summed E-state index contributed by atoms with van der Waals surface area (Å²) in [5.41, 5.74) is 0.931. The van der Waals surface area contributed by atoms with E-state index >= 15 is 0 Å². The van der Waals surface area contributed by atoms with Gasteiger partial charge in [-0.25, -0.2) is 13.4 Å². The summed E-state index contributed by atoms with van der Waals surface area (Å²) in [5, 5.41) is 9.63. The van der Waals surface area contributed by atoms with Crippen molar-refractivity contribution >= 4 is 15.7 Å². The Morgan fingerprint density at radius 3 is 2.83 bits per heavy atom. The lowest BCUT2D eigenvalue weighted by atomic mass is 10.2. The van der Waals surface area contributed by atoms with E-state index in [2.05, 4.69) is 20.5 Å². The summed E-state index contributed by atoms with van der Waals surface area (Å²) in [6, 6.07) is 3.05. The highest BCUT2D eigenvalue weighted by Gasteiger charge is 2.16. The Morgan fingerprint density at radius 1 is 1.44 bits per heavy atom. The molecule has 2 heterocycles. The van der Waals surface area contributed by atoms with Gasteiger partial charge in [-0.1, -0.05) is 0 Å². The van der Waals surface area contributed by atoms with Crippen molar-refractivity contribution in [1.29, 1.82) is 0 Å². The van der Waals surface area contributed by atoms with Crippen LogP contribution in [0, 0.1) is 0 Å². The summed E-state index contributed by atoms with van der Waals surface area (Å²) in [5.74, 6) is 0.355. The first kappa shape index (κ1) is 12.6. The molecule has 0 fully saturated rings. The summed E-state index contributed by atoms with van der Waals surface area (Å²) in [6.07, 6.45) is 6.15. The van der Waals surface area contributed by atoms with E-state index in [0.717, 1.165) is 11.8 Å². The van der Waals surface area contributed by atoms with Gasteiger partial charge < -0.3 is 5.32 Å². The van der Waals surface area contributed by atoms with Crippen LogP contribution in [0.25, 0.3) is 0 Å². The predicted octanol–water partition coefficient (Wildman–Crippen LogP) is 1.38. The Bertz CT molecular complexity index is 622. The summed E-state index contributed by atoms with van der Waals surface area (Å²) in [4.78, 5) is 4.27. The standard InChI is InChI=1S/C11H14N4O2S/c1-8(9-6-13-14-7-9)15-11-10(18(2,16)17)4-3-5-12-11/h3-8H,1-2H3,(H,12,15)(H,13,14). The van der Waals surface area contributed by atoms with E-state index in [-0.39, 0.29) is 10.9 Å². The Labute approximate surface area is 105 Å². The van der Waals surface area contributed by atoms with Gasteiger partial charge >= 0.3 is 0 Å². The third-order valence-electron chi connectivity index (χ3n) is 2.54. The maximum atomic E-state index is 11.6. The van der Waals surface area contributed by atoms with Crippen molar-refractivity contribution in [2.75, 3.05) is 11.6 Å². The van der Waals surface area contributed by atoms with Gasteiger partial charge in [-0.2, -0.15) is 5.10 Å². The number of sulfone groups is 1. The molecule has 0 aliphatic carbocycles. The first-order valence-electron chi connectivity index (χ1n) is 5.39. The van der Waals surface area contributed by atoms with Gasteiger partial charge in [0.15, 0.2) is 9.84 Å². The molecule has 0 aliphatic rings. The molecule has 0 aromatic carbocycles. The second-order valence-corrected chi connectivity index (χ2v) is 6.00. The van der Waals surface area contributed by atoms with Crippen molar-refractivity contribution in [2.24, 2.45) is 0 Å². The molecule has 2 aromatic rings. The fourth-order valence-electron chi connectivity index (χ4n) is 1.58. The molecule has 2 aromatic heterocycles. The van der Waals surface area contributed by atoms with Gasteiger partial charge in [0.2, 0.25) is 0 Å². The van der Waals surface area contributed by atoms with E-state index in [1.807, 2.05) is 6.92 Å². The molecule has 2 rings (SSSR count). The van der Waals surface area contributed by atoms with Gasteiger partial charge in [0.1, 0.15) is 10.7 Å². The van der Waals surface area contributed by atoms with Crippen LogP contribution in [0.4, 0.5) is 5.82 Å². The molecule has 1 atom stereocenters. The number of anilines is 1. The highest BCUT2D eigenvalue weighted by Crippen LogP contribution is 2.22. The van der Waals surface area contributed by atoms with E-state index in [0.29, 0.717) is 5.82 Å². The minimum absolute atomic E-state index is 0.0841. The number of rotatable bonds is 4. The largest absolute Gasteiger partial charge is 0.362 e. The molecule has 0 spiro atoms. The molecule has 0 amide bonds. The number of aromatic amines is 1. The highest BCUT2D eigenvalue weighted by molar-refractivity contribution is 7.90. The minimum Gasteiger partial charge on any atom is -0.362 e. The second kappa shape index (κ2) is 4.77. The van der Waals surface area contributed by atoms with E-state index in [4.69, 9.17) is 0 Å². The third kappa shape index (κ3) is 2.67. The first-order chi connectivity index (χ1) is 8.48. The van der Waals surface area contributed by atoms with Gasteiger partial charge in [-0.05, 0) is 19.1 Å². The fourth-order valence-corrected chi connectivity index (χ4v) is 2.37. The molecule has 96 valence electrons. The van der Waals surface area contributed by atoms with Crippen molar-refractivity contribution < 1.29 is 8.42 Å². The number of nitrogens with one attached hydrogen (secondary N) is 2. The van der Waals surface area contributed by atoms with E-state index < -0.39 is 9.84 Å². The summed E-state index contributed by atoms with van der Waals surface area (Å²) in [6.45, 7) is 1.91. The number of pyridine rings is 1. The Hall–Kier alpha value is -1.89. The Morgan fingerprint density at radius 2 is 2.22 bits per heavy atom. The van der Waals surface area contributed by atoms with Crippen molar-refractivity contribution in [3.8, 4) is 0 Å². The van der Waals surface area contributed by atoms with Gasteiger partial charge in [0.25, 0.3) is 0 Å². The average molecular weight is 266 g/mol. The zero-order valence-corrected chi connectivity index (χ0v) is 10.9. The molecule has 0 aliphatic heterocycles. The smallest absolute Gasteiger partial charge is 0.179 e. The quantitative estimate of drug-likeness (QED) is 0.873. The molecule has 0 bridgehead atoms. The van der Waals surface area contributed by atoms with Gasteiger partial charge in [-0.3, -0.25) is 5.10 Å². The maximum Gasteiger partial charge on any atom is 0.179 e. The zero-order chi connectivity index (χ0) is 13.2. The van der Waals surface area contributed by atoms with Gasteiger partial charge in [0.05, 0.1) is 12.2 Å². The molecule has 2 N–H and O–H groups in total. The lowest BCUT2D eigenvalue weighted by Gasteiger charge is -2.14. The highest BCUT2D eigenvalue weighted by atomic mass is 32.2. The maximum absolute atomic E-state index is 11.6. The molecule has 1 unspecified atom stereocenters. The third-order valence-corrected chi connectivity index (χ3v) is 3.67. The Balaban J connectivity index is 2.30. The first-order valence-corrected chi connectivity index (χ1v) is 7.28. The number of hydrogen-bond donors (Lipinski definition) is 2. The van der Waals surface area contributed by atoms with Gasteiger partial charge in [0, 0.05) is 24.2 Å². The lowest BCUT2D eigenvalue weighted by Crippen LogP contribution is -2.11. The van der Waals surface area contributed by atoms with Crippen molar-refractivity contribution in [3.63, 3.8) is 0 Å². The van der Waals surface area contributed by atoms with Crippen LogP contribution in [0.5, 0.6) is 0 Å². The van der Waals surface area contributed by atoms with Gasteiger partial charge in [-0.15, -0.1) is 0 Å². The number of H-pyrrole nitrogens is 1. The molecule has 0 saturated carbocycles. The number of hydrogen-bond acceptors (Lipinski definition) is 5. The van der Waals surface area contributed by atoms with Crippen LogP contribution in [0.2, 0.25) is 0 Å². The topological polar surface area (TPSA) is 87.7 Å². The fraction of sp³-hybridized carbons (Fsp3) is 0.273. The van der Waals surface area contributed by atoms with Crippen LogP contribution in [0.1, 0.15) is 18.5 Å². The van der Waals surface area contributed by atoms with Crippen LogP contribution in [0.15, 0.2) is 35.6 Å². The molecular weight excluding hydrogens is 252 g/mol. The Kier molecular flexibility index (Phi) is 3.33. The molecule has 0 radical (unpaired) electrons. The van der Waals surface area contributed by atoms with Crippen LogP contribution >= 0.6 is 0 Å². The zero-order valence-electron chi connectivity index (χ0n) is 10.1. The summed E-state index contributed by atoms with van der Waals surface area (Å²) in [7, 11) is -3.30. The normalized spacial score (nSPS) is 13.2. The summed E-state index contributed by atoms with van der Waals surface area (Å²) >= 11 is 0. The number of nitrogens with zero attached hydrogens (tertiary/aromatic N) is 2. The van der Waals surface area contributed by atoms with Crippen LogP contribution in [0.3, 0.4) is 0 Å².